The molecule has 5 nitrogen and oxygen atoms in total. The lowest BCUT2D eigenvalue weighted by atomic mass is 10.1. The van der Waals surface area contributed by atoms with E-state index in [4.69, 9.17) is 17.3 Å². The number of halogens is 1. The van der Waals surface area contributed by atoms with Crippen LogP contribution in [0.25, 0.3) is 0 Å². The van der Waals surface area contributed by atoms with E-state index in [0.29, 0.717) is 5.70 Å². The average Bonchev–Trinajstić information content (AvgIpc) is 3.23. The van der Waals surface area contributed by atoms with Gasteiger partial charge in [-0.15, -0.1) is 0 Å². The molecule has 180 valence electrons. The van der Waals surface area contributed by atoms with Crippen molar-refractivity contribution in [3.05, 3.63) is 46.1 Å². The molecule has 1 aromatic carbocycles. The molecule has 0 radical (unpaired) electrons. The van der Waals surface area contributed by atoms with Gasteiger partial charge in [0.05, 0.1) is 5.70 Å². The van der Waals surface area contributed by atoms with E-state index in [0.717, 1.165) is 61.5 Å². The number of aliphatic imine (C=N–C) groups is 1. The Morgan fingerprint density at radius 3 is 2.00 bits per heavy atom. The van der Waals surface area contributed by atoms with Crippen molar-refractivity contribution in [3.63, 3.8) is 0 Å². The molecule has 1 amide bonds. The van der Waals surface area contributed by atoms with Crippen LogP contribution in [0, 0.1) is 6.92 Å². The summed E-state index contributed by atoms with van der Waals surface area (Å²) in [7, 11) is 0. The molecule has 2 rings (SSSR count). The zero-order valence-corrected chi connectivity index (χ0v) is 21.6. The molecule has 32 heavy (non-hydrogen) atoms. The molecule has 2 N–H and O–H groups in total. The third-order valence-corrected chi connectivity index (χ3v) is 4.90. The van der Waals surface area contributed by atoms with E-state index >= 15 is 0 Å². The van der Waals surface area contributed by atoms with E-state index in [1.54, 1.807) is 0 Å². The van der Waals surface area contributed by atoms with Crippen LogP contribution >= 0.6 is 11.6 Å². The van der Waals surface area contributed by atoms with Crippen molar-refractivity contribution < 1.29 is 9.59 Å². The lowest BCUT2D eigenvalue weighted by Gasteiger charge is -2.20. The van der Waals surface area contributed by atoms with Crippen LogP contribution in [-0.4, -0.2) is 41.9 Å². The largest absolute Gasteiger partial charge is 0.396 e. The van der Waals surface area contributed by atoms with E-state index in [-0.39, 0.29) is 18.2 Å². The Hall–Kier alpha value is -2.14. The number of Topliss-reactive ketones (excluding diaryl/α,β-unsaturated/α-hetero) is 1. The Balaban J connectivity index is 0.000000717. The van der Waals surface area contributed by atoms with Gasteiger partial charge < -0.3 is 10.6 Å². The Labute approximate surface area is 200 Å². The highest BCUT2D eigenvalue weighted by Crippen LogP contribution is 2.24. The molecule has 1 aliphatic rings. The molecule has 6 heteroatoms. The second-order valence-electron chi connectivity index (χ2n) is 7.95. The molecule has 1 saturated carbocycles. The van der Waals surface area contributed by atoms with Crippen molar-refractivity contribution in [1.82, 2.24) is 4.90 Å². The fraction of sp³-hybridized carbons (Fsp3) is 0.577. The van der Waals surface area contributed by atoms with Crippen molar-refractivity contribution in [2.24, 2.45) is 10.7 Å². The van der Waals surface area contributed by atoms with E-state index < -0.39 is 0 Å². The van der Waals surface area contributed by atoms with Crippen LogP contribution < -0.4 is 5.73 Å². The molecule has 0 unspecified atom stereocenters. The highest BCUT2D eigenvalue weighted by molar-refractivity contribution is 6.30. The first-order valence-corrected chi connectivity index (χ1v) is 12.1. The van der Waals surface area contributed by atoms with Crippen molar-refractivity contribution in [1.29, 1.82) is 0 Å². The number of hydrogen-bond donors (Lipinski definition) is 1. The summed E-state index contributed by atoms with van der Waals surface area (Å²) in [5.41, 5.74) is 9.05. The zero-order valence-electron chi connectivity index (χ0n) is 20.8. The average molecular weight is 464 g/mol. The molecule has 0 aliphatic heterocycles. The Kier molecular flexibility index (Phi) is 16.3. The van der Waals surface area contributed by atoms with Crippen molar-refractivity contribution in [3.8, 4) is 0 Å². The molecule has 0 heterocycles. The number of carbonyl (C=O) groups excluding carboxylic acids is 2. The summed E-state index contributed by atoms with van der Waals surface area (Å²) in [6.45, 7) is 13.6. The first-order chi connectivity index (χ1) is 15.2. The summed E-state index contributed by atoms with van der Waals surface area (Å²) in [5, 5.41) is 0.801. The van der Waals surface area contributed by atoms with Gasteiger partial charge in [0, 0.05) is 30.7 Å². The summed E-state index contributed by atoms with van der Waals surface area (Å²) in [5.74, 6) is -0.0663. The van der Waals surface area contributed by atoms with Gasteiger partial charge in [-0.1, -0.05) is 63.4 Å². The van der Waals surface area contributed by atoms with Crippen LogP contribution in [0.15, 0.2) is 40.5 Å². The van der Waals surface area contributed by atoms with Crippen LogP contribution in [0.4, 0.5) is 0 Å². The normalized spacial score (nSPS) is 15.3. The number of carbonyl (C=O) groups is 2. The summed E-state index contributed by atoms with van der Waals surface area (Å²) in [6, 6.07) is 7.75. The number of ketones is 1. The monoisotopic (exact) mass is 463 g/mol. The van der Waals surface area contributed by atoms with Crippen molar-refractivity contribution >= 4 is 29.0 Å². The number of hydrogen-bond acceptors (Lipinski definition) is 4. The molecule has 0 atom stereocenters. The van der Waals surface area contributed by atoms with Gasteiger partial charge in [0.1, 0.15) is 6.54 Å². The molecule has 1 aromatic rings. The minimum absolute atomic E-state index is 0.0545. The first-order valence-electron chi connectivity index (χ1n) is 11.7. The van der Waals surface area contributed by atoms with Crippen LogP contribution in [0.2, 0.25) is 5.02 Å². The maximum atomic E-state index is 12.2. The van der Waals surface area contributed by atoms with Crippen LogP contribution in [0.1, 0.15) is 78.7 Å². The van der Waals surface area contributed by atoms with E-state index in [1.165, 1.54) is 18.9 Å². The predicted octanol–water partition coefficient (Wildman–Crippen LogP) is 6.13. The third-order valence-electron chi connectivity index (χ3n) is 4.65. The van der Waals surface area contributed by atoms with E-state index in [9.17, 15) is 9.59 Å². The molecule has 0 bridgehead atoms. The number of nitrogens with zero attached hydrogens (tertiary/aromatic N) is 2. The number of benzene rings is 1. The number of allylic oxidation sites excluding steroid dienone is 2. The molecule has 1 fully saturated rings. The number of nitrogens with two attached hydrogens (primary N) is 1. The maximum Gasteiger partial charge on any atom is 0.244 e. The summed E-state index contributed by atoms with van der Waals surface area (Å²) in [6.07, 6.45) is 5.68. The summed E-state index contributed by atoms with van der Waals surface area (Å²) in [4.78, 5) is 29.9. The standard InChI is InChI=1S/C16H27N3O2.C7H7Cl.C3H8/c1-4-9-19(10-5-2)15(21)11-18-14-8-6-7-13(14)16(17)12(3)20;1-6-2-4-7(8)5-3-6;1-3-2/h4-11,17H2,1-3H3;2-5H,1H3;3H2,1-2H3/b16-13-,18-14?;;. The molecule has 0 spiro atoms. The lowest BCUT2D eigenvalue weighted by molar-refractivity contribution is -0.129. The molecular weight excluding hydrogens is 422 g/mol. The molecule has 0 aromatic heterocycles. The van der Waals surface area contributed by atoms with Crippen LogP contribution in [0.5, 0.6) is 0 Å². The van der Waals surface area contributed by atoms with Crippen LogP contribution in [0.3, 0.4) is 0 Å². The second-order valence-corrected chi connectivity index (χ2v) is 8.38. The van der Waals surface area contributed by atoms with Gasteiger partial charge in [0.15, 0.2) is 5.78 Å². The SMILES string of the molecule is CCC.CCCN(CCC)C(=O)CN=C1CCC/C1=C(/N)C(C)=O.Cc1ccc(Cl)cc1. The first kappa shape index (κ1) is 29.9. The van der Waals surface area contributed by atoms with Crippen LogP contribution in [-0.2, 0) is 9.59 Å². The van der Waals surface area contributed by atoms with Gasteiger partial charge in [-0.25, -0.2) is 0 Å². The van der Waals surface area contributed by atoms with Gasteiger partial charge in [-0.3, -0.25) is 14.6 Å². The minimum Gasteiger partial charge on any atom is -0.396 e. The minimum atomic E-state index is -0.121. The quantitative estimate of drug-likeness (QED) is 0.494. The molecule has 0 saturated heterocycles. The van der Waals surface area contributed by atoms with Gasteiger partial charge >= 0.3 is 0 Å². The molecular formula is C26H42ClN3O2. The lowest BCUT2D eigenvalue weighted by Crippen LogP contribution is -2.34. The Morgan fingerprint density at radius 1 is 1.03 bits per heavy atom. The summed E-state index contributed by atoms with van der Waals surface area (Å²) < 4.78 is 0. The van der Waals surface area contributed by atoms with Gasteiger partial charge in [0.25, 0.3) is 0 Å². The van der Waals surface area contributed by atoms with Crippen molar-refractivity contribution in [2.75, 3.05) is 19.6 Å². The van der Waals surface area contributed by atoms with Gasteiger partial charge in [0.2, 0.25) is 5.91 Å². The van der Waals surface area contributed by atoms with Gasteiger partial charge in [-0.05, 0) is 56.7 Å². The second kappa shape index (κ2) is 17.4. The highest BCUT2D eigenvalue weighted by atomic mass is 35.5. The molecule has 1 aliphatic carbocycles. The third kappa shape index (κ3) is 12.0. The zero-order chi connectivity index (χ0) is 24.5. The fourth-order valence-corrected chi connectivity index (χ4v) is 3.23. The fourth-order valence-electron chi connectivity index (χ4n) is 3.10. The number of rotatable bonds is 7. The maximum absolute atomic E-state index is 12.2. The number of amides is 1. The van der Waals surface area contributed by atoms with Gasteiger partial charge in [-0.2, -0.15) is 0 Å². The summed E-state index contributed by atoms with van der Waals surface area (Å²) >= 11 is 5.61. The Morgan fingerprint density at radius 2 is 1.56 bits per heavy atom. The Bertz CT molecular complexity index is 728. The van der Waals surface area contributed by atoms with Crippen molar-refractivity contribution in [2.45, 2.75) is 80.1 Å². The highest BCUT2D eigenvalue weighted by Gasteiger charge is 2.21. The van der Waals surface area contributed by atoms with E-state index in [2.05, 4.69) is 32.7 Å². The van der Waals surface area contributed by atoms with E-state index in [1.807, 2.05) is 36.1 Å². The topological polar surface area (TPSA) is 75.8 Å². The predicted molar refractivity (Wildman–Crippen MR) is 137 cm³/mol. The smallest absolute Gasteiger partial charge is 0.244 e. The number of aryl methyl sites for hydroxylation is 1.